The highest BCUT2D eigenvalue weighted by Gasteiger charge is 2.13. The van der Waals surface area contributed by atoms with Crippen LogP contribution >= 0.6 is 22.9 Å². The van der Waals surface area contributed by atoms with Crippen LogP contribution in [-0.4, -0.2) is 29.0 Å². The van der Waals surface area contributed by atoms with E-state index in [2.05, 4.69) is 10.1 Å². The molecule has 0 spiro atoms. The van der Waals surface area contributed by atoms with Crippen molar-refractivity contribution < 1.29 is 9.90 Å². The molecule has 132 valence electrons. The molecule has 0 saturated carbocycles. The molecular formula is C18H15ClN4O2S. The van der Waals surface area contributed by atoms with Crippen LogP contribution in [0, 0.1) is 0 Å². The minimum Gasteiger partial charge on any atom is -0.507 e. The van der Waals surface area contributed by atoms with E-state index in [4.69, 9.17) is 17.3 Å². The van der Waals surface area contributed by atoms with Crippen LogP contribution in [0.3, 0.4) is 0 Å². The van der Waals surface area contributed by atoms with Gasteiger partial charge in [0, 0.05) is 23.0 Å². The van der Waals surface area contributed by atoms with E-state index in [0.29, 0.717) is 15.4 Å². The summed E-state index contributed by atoms with van der Waals surface area (Å²) >= 11 is 7.31. The van der Waals surface area contributed by atoms with Gasteiger partial charge in [0.2, 0.25) is 4.80 Å². The second-order valence-corrected chi connectivity index (χ2v) is 6.60. The number of carbonyl (C=O) groups is 1. The highest BCUT2D eigenvalue weighted by Crippen LogP contribution is 2.26. The summed E-state index contributed by atoms with van der Waals surface area (Å²) in [7, 11) is 1.68. The molecule has 1 aromatic heterocycles. The summed E-state index contributed by atoms with van der Waals surface area (Å²) in [6.45, 7) is 0. The summed E-state index contributed by atoms with van der Waals surface area (Å²) in [5.41, 5.74) is 7.66. The number of amides is 1. The molecule has 3 rings (SSSR count). The molecule has 0 unspecified atom stereocenters. The van der Waals surface area contributed by atoms with E-state index < -0.39 is 5.91 Å². The first-order chi connectivity index (χ1) is 12.5. The maximum Gasteiger partial charge on any atom is 0.252 e. The van der Waals surface area contributed by atoms with Gasteiger partial charge in [-0.15, -0.1) is 11.3 Å². The van der Waals surface area contributed by atoms with E-state index in [9.17, 15) is 9.90 Å². The fraction of sp³-hybridized carbons (Fsp3) is 0.0556. The Morgan fingerprint density at radius 3 is 2.65 bits per heavy atom. The maximum absolute atomic E-state index is 11.5. The lowest BCUT2D eigenvalue weighted by atomic mass is 10.1. The highest BCUT2D eigenvalue weighted by atomic mass is 35.5. The first kappa shape index (κ1) is 17.9. The minimum atomic E-state index is -0.698. The number of hydrogen-bond donors (Lipinski definition) is 2. The van der Waals surface area contributed by atoms with Gasteiger partial charge < -0.3 is 10.8 Å². The summed E-state index contributed by atoms with van der Waals surface area (Å²) in [4.78, 5) is 16.4. The van der Waals surface area contributed by atoms with Gasteiger partial charge in [0.1, 0.15) is 5.75 Å². The molecule has 1 heterocycles. The van der Waals surface area contributed by atoms with Crippen molar-refractivity contribution in [1.29, 1.82) is 0 Å². The SMILES string of the molecule is CN=c1scc(-c2ccc(O)c(C(N)=O)c2)n1/N=C/c1ccc(Cl)cc1. The second kappa shape index (κ2) is 7.55. The Kier molecular flexibility index (Phi) is 5.20. The Labute approximate surface area is 158 Å². The molecule has 8 heteroatoms. The largest absolute Gasteiger partial charge is 0.507 e. The Bertz CT molecular complexity index is 1050. The number of nitrogens with zero attached hydrogens (tertiary/aromatic N) is 3. The topological polar surface area (TPSA) is 93.0 Å². The summed E-state index contributed by atoms with van der Waals surface area (Å²) in [6.07, 6.45) is 1.69. The van der Waals surface area contributed by atoms with E-state index in [1.165, 1.54) is 23.5 Å². The standard InChI is InChI=1S/C18H15ClN4O2S/c1-21-18-23(22-9-11-2-5-13(19)6-3-11)15(10-26-18)12-4-7-16(24)14(8-12)17(20)25/h2-10,24H,1H3,(H2,20,25)/b21-18?,22-9+. The molecule has 26 heavy (non-hydrogen) atoms. The first-order valence-electron chi connectivity index (χ1n) is 7.56. The monoisotopic (exact) mass is 386 g/mol. The smallest absolute Gasteiger partial charge is 0.252 e. The van der Waals surface area contributed by atoms with Crippen molar-refractivity contribution in [2.24, 2.45) is 15.8 Å². The van der Waals surface area contributed by atoms with Crippen LogP contribution in [-0.2, 0) is 0 Å². The Balaban J connectivity index is 2.08. The molecule has 0 atom stereocenters. The lowest BCUT2D eigenvalue weighted by Gasteiger charge is -2.06. The molecule has 3 N–H and O–H groups in total. The van der Waals surface area contributed by atoms with Crippen LogP contribution in [0.1, 0.15) is 15.9 Å². The average Bonchev–Trinajstić information content (AvgIpc) is 3.04. The van der Waals surface area contributed by atoms with Crippen molar-refractivity contribution in [3.8, 4) is 17.0 Å². The Morgan fingerprint density at radius 1 is 1.27 bits per heavy atom. The fourth-order valence-electron chi connectivity index (χ4n) is 2.33. The molecule has 1 amide bonds. The van der Waals surface area contributed by atoms with E-state index in [0.717, 1.165) is 11.3 Å². The molecule has 0 fully saturated rings. The van der Waals surface area contributed by atoms with Crippen molar-refractivity contribution >= 4 is 35.1 Å². The number of thiazole rings is 1. The fourth-order valence-corrected chi connectivity index (χ4v) is 3.26. The minimum absolute atomic E-state index is 0.0527. The molecule has 0 bridgehead atoms. The maximum atomic E-state index is 11.5. The molecule has 6 nitrogen and oxygen atoms in total. The van der Waals surface area contributed by atoms with Crippen LogP contribution in [0.15, 0.2) is 57.9 Å². The number of benzene rings is 2. The lowest BCUT2D eigenvalue weighted by Crippen LogP contribution is -2.13. The summed E-state index contributed by atoms with van der Waals surface area (Å²) in [5.74, 6) is -0.857. The van der Waals surface area contributed by atoms with Crippen LogP contribution in [0.25, 0.3) is 11.3 Å². The molecule has 0 aliphatic heterocycles. The molecule has 0 radical (unpaired) electrons. The van der Waals surface area contributed by atoms with E-state index >= 15 is 0 Å². The summed E-state index contributed by atoms with van der Waals surface area (Å²) in [6, 6.07) is 11.9. The number of halogens is 1. The Morgan fingerprint density at radius 2 is 2.00 bits per heavy atom. The van der Waals surface area contributed by atoms with E-state index in [-0.39, 0.29) is 11.3 Å². The average molecular weight is 387 g/mol. The van der Waals surface area contributed by atoms with Crippen LogP contribution in [0.2, 0.25) is 5.02 Å². The number of hydrogen-bond acceptors (Lipinski definition) is 5. The van der Waals surface area contributed by atoms with Crippen molar-refractivity contribution in [1.82, 2.24) is 4.68 Å². The van der Waals surface area contributed by atoms with Gasteiger partial charge >= 0.3 is 0 Å². The van der Waals surface area contributed by atoms with Crippen LogP contribution in [0.5, 0.6) is 5.75 Å². The Hall–Kier alpha value is -2.90. The third-order valence-electron chi connectivity index (χ3n) is 3.63. The van der Waals surface area contributed by atoms with Gasteiger partial charge in [-0.2, -0.15) is 5.10 Å². The third-order valence-corrected chi connectivity index (χ3v) is 4.79. The van der Waals surface area contributed by atoms with E-state index in [1.54, 1.807) is 36.1 Å². The zero-order valence-electron chi connectivity index (χ0n) is 13.8. The predicted octanol–water partition coefficient (Wildman–Crippen LogP) is 3.09. The molecule has 0 aliphatic rings. The quantitative estimate of drug-likeness (QED) is 0.674. The van der Waals surface area contributed by atoms with Gasteiger partial charge in [0.15, 0.2) is 0 Å². The van der Waals surface area contributed by atoms with Crippen molar-refractivity contribution in [2.75, 3.05) is 7.05 Å². The van der Waals surface area contributed by atoms with Gasteiger partial charge in [-0.05, 0) is 35.9 Å². The van der Waals surface area contributed by atoms with Gasteiger partial charge in [0.25, 0.3) is 5.91 Å². The number of aromatic hydroxyl groups is 1. The predicted molar refractivity (Wildman–Crippen MR) is 104 cm³/mol. The lowest BCUT2D eigenvalue weighted by molar-refractivity contribution is 0.0998. The molecule has 3 aromatic rings. The number of rotatable bonds is 4. The normalized spacial score (nSPS) is 12.0. The summed E-state index contributed by atoms with van der Waals surface area (Å²) in [5, 5.41) is 16.8. The van der Waals surface area contributed by atoms with Gasteiger partial charge in [-0.3, -0.25) is 9.79 Å². The van der Waals surface area contributed by atoms with Gasteiger partial charge in [0.05, 0.1) is 17.5 Å². The number of aromatic nitrogens is 1. The third kappa shape index (κ3) is 3.68. The van der Waals surface area contributed by atoms with Crippen LogP contribution < -0.4 is 10.5 Å². The summed E-state index contributed by atoms with van der Waals surface area (Å²) < 4.78 is 1.66. The number of primary amides is 1. The van der Waals surface area contributed by atoms with Crippen molar-refractivity contribution in [3.63, 3.8) is 0 Å². The molecule has 0 aliphatic carbocycles. The number of nitrogens with two attached hydrogens (primary N) is 1. The molecular weight excluding hydrogens is 372 g/mol. The second-order valence-electron chi connectivity index (χ2n) is 5.33. The van der Waals surface area contributed by atoms with E-state index in [1.807, 2.05) is 17.5 Å². The van der Waals surface area contributed by atoms with Gasteiger partial charge in [-0.1, -0.05) is 23.7 Å². The zero-order valence-corrected chi connectivity index (χ0v) is 15.3. The number of carbonyl (C=O) groups excluding carboxylic acids is 1. The van der Waals surface area contributed by atoms with Gasteiger partial charge in [-0.25, -0.2) is 4.68 Å². The van der Waals surface area contributed by atoms with Crippen molar-refractivity contribution in [3.05, 3.63) is 68.8 Å². The van der Waals surface area contributed by atoms with Crippen molar-refractivity contribution in [2.45, 2.75) is 0 Å². The zero-order chi connectivity index (χ0) is 18.7. The first-order valence-corrected chi connectivity index (χ1v) is 8.82. The molecule has 2 aromatic carbocycles. The highest BCUT2D eigenvalue weighted by molar-refractivity contribution is 7.07. The van der Waals surface area contributed by atoms with Crippen LogP contribution in [0.4, 0.5) is 0 Å². The number of phenols is 1. The molecule has 0 saturated heterocycles.